The molecule has 0 bridgehead atoms. The zero-order valence-electron chi connectivity index (χ0n) is 40.5. The summed E-state index contributed by atoms with van der Waals surface area (Å²) in [5.74, 6) is -9.28. The van der Waals surface area contributed by atoms with Gasteiger partial charge in [0, 0.05) is 33.0 Å². The summed E-state index contributed by atoms with van der Waals surface area (Å²) in [6.45, 7) is 13.6. The molecule has 8 atom stereocenters. The summed E-state index contributed by atoms with van der Waals surface area (Å²) in [5, 5.41) is 19.7. The largest absolute Gasteiger partial charge is 0.464 e. The van der Waals surface area contributed by atoms with Gasteiger partial charge in [-0.2, -0.15) is 8.78 Å². The van der Waals surface area contributed by atoms with Gasteiger partial charge >= 0.3 is 18.0 Å². The minimum Gasteiger partial charge on any atom is -0.464 e. The molecule has 1 heterocycles. The van der Waals surface area contributed by atoms with Crippen molar-refractivity contribution in [3.05, 3.63) is 35.9 Å². The second kappa shape index (κ2) is 32.8. The fourth-order valence-corrected chi connectivity index (χ4v) is 6.71. The highest BCUT2D eigenvalue weighted by molar-refractivity contribution is 5.92. The van der Waals surface area contributed by atoms with Crippen LogP contribution in [0.15, 0.2) is 35.3 Å². The number of hydrogen-bond donors (Lipinski definition) is 4. The van der Waals surface area contributed by atoms with Crippen molar-refractivity contribution in [3.63, 3.8) is 0 Å². The van der Waals surface area contributed by atoms with Crippen molar-refractivity contribution in [1.82, 2.24) is 16.0 Å². The number of carbonyl (C=O) groups excluding carboxylic acids is 4. The van der Waals surface area contributed by atoms with Crippen molar-refractivity contribution in [2.75, 3.05) is 46.2 Å². The van der Waals surface area contributed by atoms with Gasteiger partial charge in [0.15, 0.2) is 0 Å². The molecule has 18 heteroatoms. The Morgan fingerprint density at radius 2 is 1.32 bits per heavy atom. The predicted octanol–water partition coefficient (Wildman–Crippen LogP) is 6.97. The van der Waals surface area contributed by atoms with Crippen molar-refractivity contribution in [3.8, 4) is 0 Å². The fraction of sp³-hybridized carbons (Fsp3) is 0.771. The number of halogens is 2. The van der Waals surface area contributed by atoms with Crippen LogP contribution in [0, 0.1) is 0 Å². The lowest BCUT2D eigenvalue weighted by molar-refractivity contribution is -0.407. The van der Waals surface area contributed by atoms with Crippen LogP contribution in [0.4, 0.5) is 13.6 Å². The number of carbonyl (C=O) groups is 4. The van der Waals surface area contributed by atoms with Crippen LogP contribution < -0.4 is 16.0 Å². The van der Waals surface area contributed by atoms with E-state index in [9.17, 15) is 24.3 Å². The number of alkyl carbamates (subject to hydrolysis) is 1. The van der Waals surface area contributed by atoms with E-state index in [1.807, 2.05) is 40.7 Å². The van der Waals surface area contributed by atoms with Gasteiger partial charge in [-0.15, -0.1) is 0 Å². The molecule has 0 saturated carbocycles. The van der Waals surface area contributed by atoms with Crippen LogP contribution in [0.3, 0.4) is 0 Å². The summed E-state index contributed by atoms with van der Waals surface area (Å²) in [7, 11) is 0. The van der Waals surface area contributed by atoms with Gasteiger partial charge in [0.2, 0.25) is 11.8 Å². The molecule has 1 aromatic carbocycles. The number of hydrogen-bond acceptors (Lipinski definition) is 13. The minimum absolute atomic E-state index is 0.0168. The number of aliphatic hydroxyl groups is 1. The highest BCUT2D eigenvalue weighted by Crippen LogP contribution is 2.43. The quantitative estimate of drug-likeness (QED) is 0.0310. The Hall–Kier alpha value is -3.81. The molecule has 0 unspecified atom stereocenters. The first-order chi connectivity index (χ1) is 31.7. The van der Waals surface area contributed by atoms with Gasteiger partial charge in [-0.05, 0) is 70.8 Å². The smallest absolute Gasteiger partial charge is 0.408 e. The van der Waals surface area contributed by atoms with Gasteiger partial charge in [-0.1, -0.05) is 97.1 Å². The maximum Gasteiger partial charge on any atom is 0.408 e. The van der Waals surface area contributed by atoms with E-state index in [1.54, 1.807) is 24.3 Å². The molecule has 0 aromatic heterocycles. The summed E-state index contributed by atoms with van der Waals surface area (Å²) in [6.07, 6.45) is 2.46. The molecule has 66 heavy (non-hydrogen) atoms. The van der Waals surface area contributed by atoms with Crippen molar-refractivity contribution in [2.45, 2.75) is 193 Å². The summed E-state index contributed by atoms with van der Waals surface area (Å²) in [6, 6.07) is 5.63. The Labute approximate surface area is 391 Å². The van der Waals surface area contributed by atoms with Crippen LogP contribution in [0.2, 0.25) is 0 Å². The Bertz CT molecular complexity index is 1550. The summed E-state index contributed by atoms with van der Waals surface area (Å²) in [4.78, 5) is 55.6. The SMILES string of the molecule is CCCCOC[C@H]1O[C@@](O)(C(F)(F)/C=N/CCCC[C@H](NC(=O)OCc2ccccc2)C(=O)N[C@@H](C)C(=O)N[C@@H](C)C(=O)OCCCC)[C@H](OCCCC)[C@@H](OCCCC)[C@H]1OCCCC. The maximum absolute atomic E-state index is 16.6. The van der Waals surface area contributed by atoms with E-state index in [0.29, 0.717) is 57.1 Å². The van der Waals surface area contributed by atoms with Crippen LogP contribution in [-0.4, -0.2) is 136 Å². The first-order valence-electron chi connectivity index (χ1n) is 24.1. The second-order valence-electron chi connectivity index (χ2n) is 16.7. The average Bonchev–Trinajstić information content (AvgIpc) is 3.29. The Morgan fingerprint density at radius 1 is 0.742 bits per heavy atom. The highest BCUT2D eigenvalue weighted by atomic mass is 19.3. The number of esters is 1. The van der Waals surface area contributed by atoms with Crippen LogP contribution in [0.1, 0.15) is 138 Å². The molecule has 1 aliphatic rings. The fourth-order valence-electron chi connectivity index (χ4n) is 6.71. The van der Waals surface area contributed by atoms with Crippen molar-refractivity contribution >= 4 is 30.1 Å². The van der Waals surface area contributed by atoms with Crippen LogP contribution in [0.25, 0.3) is 0 Å². The van der Waals surface area contributed by atoms with E-state index in [2.05, 4.69) is 20.9 Å². The van der Waals surface area contributed by atoms with E-state index < -0.39 is 78.1 Å². The van der Waals surface area contributed by atoms with Gasteiger partial charge in [0.05, 0.1) is 19.4 Å². The third-order valence-corrected chi connectivity index (χ3v) is 10.8. The highest BCUT2D eigenvalue weighted by Gasteiger charge is 2.67. The molecule has 1 aliphatic heterocycles. The third kappa shape index (κ3) is 20.6. The first-order valence-corrected chi connectivity index (χ1v) is 24.1. The molecule has 2 rings (SSSR count). The molecule has 0 spiro atoms. The normalized spacial score (nSPS) is 21.2. The van der Waals surface area contributed by atoms with Gasteiger partial charge in [-0.25, -0.2) is 9.59 Å². The van der Waals surface area contributed by atoms with Crippen LogP contribution in [-0.2, 0) is 54.1 Å². The molecule has 0 aliphatic carbocycles. The number of aliphatic imine (C=N–C) groups is 1. The molecule has 378 valence electrons. The molecule has 1 fully saturated rings. The first kappa shape index (κ1) is 58.3. The molecule has 1 aromatic rings. The molecule has 4 N–H and O–H groups in total. The number of nitrogens with one attached hydrogen (secondary N) is 3. The van der Waals surface area contributed by atoms with Crippen molar-refractivity contribution in [2.24, 2.45) is 4.99 Å². The number of amides is 3. The lowest BCUT2D eigenvalue weighted by Gasteiger charge is -2.51. The van der Waals surface area contributed by atoms with E-state index in [0.717, 1.165) is 32.1 Å². The summed E-state index contributed by atoms with van der Waals surface area (Å²) in [5.41, 5.74) is 0.716. The van der Waals surface area contributed by atoms with Gasteiger partial charge in [0.1, 0.15) is 49.1 Å². The minimum atomic E-state index is -4.08. The van der Waals surface area contributed by atoms with E-state index >= 15 is 8.78 Å². The second-order valence-corrected chi connectivity index (χ2v) is 16.7. The standard InChI is InChI=1S/C48H80F2N4O12/c1-8-13-27-60-33-39-40(61-28-14-9-2)41(62-29-15-10-3)42(63-30-16-11-4)48(59,66-39)47(49,50)34-51-26-22-21-25-38(54-46(58)65-32-37-23-19-18-20-24-37)44(56)52-35(6)43(55)53-36(7)45(57)64-31-17-12-5/h18-20,23-24,34-36,38-42,59H,8-17,21-22,25-33H2,1-7H3,(H,52,56)(H,53,55)(H,54,58)/b51-34+/t35-,36-,38-,39+,40-,41-,42+,48+/m0/s1. The molecular weight excluding hydrogens is 863 g/mol. The number of ether oxygens (including phenoxy) is 7. The molecule has 16 nitrogen and oxygen atoms in total. The molecule has 0 radical (unpaired) electrons. The zero-order chi connectivity index (χ0) is 48.8. The van der Waals surface area contributed by atoms with Crippen LogP contribution >= 0.6 is 0 Å². The number of alkyl halides is 2. The topological polar surface area (TPSA) is 202 Å². The monoisotopic (exact) mass is 943 g/mol. The Balaban J connectivity index is 2.26. The lowest BCUT2D eigenvalue weighted by Crippen LogP contribution is -2.73. The van der Waals surface area contributed by atoms with E-state index in [4.69, 9.17) is 33.2 Å². The molecule has 3 amide bonds. The summed E-state index contributed by atoms with van der Waals surface area (Å²) >= 11 is 0. The van der Waals surface area contributed by atoms with Gasteiger partial charge < -0.3 is 54.2 Å². The number of benzene rings is 1. The number of rotatable bonds is 35. The summed E-state index contributed by atoms with van der Waals surface area (Å²) < 4.78 is 74.2. The maximum atomic E-state index is 16.6. The third-order valence-electron chi connectivity index (χ3n) is 10.8. The van der Waals surface area contributed by atoms with Gasteiger partial charge in [-0.3, -0.25) is 14.6 Å². The van der Waals surface area contributed by atoms with Gasteiger partial charge in [0.25, 0.3) is 5.79 Å². The van der Waals surface area contributed by atoms with Crippen LogP contribution in [0.5, 0.6) is 0 Å². The number of nitrogens with zero attached hydrogens (tertiary/aromatic N) is 1. The molecular formula is C48H80F2N4O12. The average molecular weight is 943 g/mol. The zero-order valence-corrected chi connectivity index (χ0v) is 40.5. The van der Waals surface area contributed by atoms with E-state index in [-0.39, 0.29) is 58.8 Å². The van der Waals surface area contributed by atoms with E-state index in [1.165, 1.54) is 13.8 Å². The van der Waals surface area contributed by atoms with Crippen molar-refractivity contribution in [1.29, 1.82) is 0 Å². The molecule has 1 saturated heterocycles. The Kier molecular flexibility index (Phi) is 29.0. The van der Waals surface area contributed by atoms with Crippen molar-refractivity contribution < 1.29 is 66.2 Å². The predicted molar refractivity (Wildman–Crippen MR) is 246 cm³/mol. The Morgan fingerprint density at radius 3 is 1.95 bits per heavy atom. The lowest BCUT2D eigenvalue weighted by atomic mass is 9.88. The number of unbranched alkanes of at least 4 members (excludes halogenated alkanes) is 6.